The molecule has 0 saturated carbocycles. The Bertz CT molecular complexity index is 1180. The second-order valence-corrected chi connectivity index (χ2v) is 8.07. The van der Waals surface area contributed by atoms with Crippen LogP contribution < -0.4 is 24.3 Å². The highest BCUT2D eigenvalue weighted by molar-refractivity contribution is 6.32. The Balaban J connectivity index is 1.86. The average Bonchev–Trinajstić information content (AvgIpc) is 2.80. The molecule has 6 nitrogen and oxygen atoms in total. The molecule has 0 aliphatic heterocycles. The van der Waals surface area contributed by atoms with E-state index in [1.807, 2.05) is 19.9 Å². The Morgan fingerprint density at radius 2 is 1.55 bits per heavy atom. The second-order valence-electron chi connectivity index (χ2n) is 7.66. The van der Waals surface area contributed by atoms with Crippen LogP contribution in [0.5, 0.6) is 23.0 Å². The van der Waals surface area contributed by atoms with Gasteiger partial charge < -0.3 is 24.3 Å². The van der Waals surface area contributed by atoms with E-state index in [-0.39, 0.29) is 12.5 Å². The van der Waals surface area contributed by atoms with Crippen LogP contribution in [0.25, 0.3) is 0 Å². The molecule has 0 aliphatic carbocycles. The van der Waals surface area contributed by atoms with Gasteiger partial charge in [0.15, 0.2) is 0 Å². The van der Waals surface area contributed by atoms with Crippen molar-refractivity contribution < 1.29 is 23.7 Å². The van der Waals surface area contributed by atoms with Gasteiger partial charge in [0.2, 0.25) is 0 Å². The fourth-order valence-electron chi connectivity index (χ4n) is 3.49. The minimum Gasteiger partial charge on any atom is -0.496 e. The van der Waals surface area contributed by atoms with Crippen LogP contribution in [0, 0.1) is 20.8 Å². The number of anilines is 1. The molecule has 0 spiro atoms. The summed E-state index contributed by atoms with van der Waals surface area (Å²) < 4.78 is 22.2. The van der Waals surface area contributed by atoms with Crippen LogP contribution in [0.3, 0.4) is 0 Å². The molecule has 0 unspecified atom stereocenters. The molecule has 33 heavy (non-hydrogen) atoms. The molecule has 3 aromatic rings. The minimum atomic E-state index is -0.316. The van der Waals surface area contributed by atoms with E-state index in [4.69, 9.17) is 30.5 Å². The summed E-state index contributed by atoms with van der Waals surface area (Å²) in [4.78, 5) is 13.0. The highest BCUT2D eigenvalue weighted by Crippen LogP contribution is 2.36. The van der Waals surface area contributed by atoms with E-state index in [0.29, 0.717) is 33.5 Å². The second kappa shape index (κ2) is 10.5. The Morgan fingerprint density at radius 3 is 2.21 bits per heavy atom. The predicted molar refractivity (Wildman–Crippen MR) is 130 cm³/mol. The lowest BCUT2D eigenvalue weighted by Gasteiger charge is -2.16. The molecule has 0 saturated heterocycles. The molecule has 0 atom stereocenters. The number of halogens is 1. The molecular weight excluding hydrogens is 442 g/mol. The van der Waals surface area contributed by atoms with Gasteiger partial charge in [0.1, 0.15) is 29.6 Å². The van der Waals surface area contributed by atoms with Crippen LogP contribution in [0.4, 0.5) is 5.69 Å². The van der Waals surface area contributed by atoms with Crippen LogP contribution >= 0.6 is 11.6 Å². The zero-order valence-electron chi connectivity index (χ0n) is 19.7. The Hall–Kier alpha value is -3.38. The quantitative estimate of drug-likeness (QED) is 0.430. The third-order valence-electron chi connectivity index (χ3n) is 5.41. The van der Waals surface area contributed by atoms with Gasteiger partial charge in [-0.2, -0.15) is 0 Å². The number of benzene rings is 3. The van der Waals surface area contributed by atoms with Gasteiger partial charge >= 0.3 is 0 Å². The van der Waals surface area contributed by atoms with Crippen molar-refractivity contribution in [2.45, 2.75) is 27.4 Å². The third-order valence-corrected chi connectivity index (χ3v) is 5.71. The van der Waals surface area contributed by atoms with Gasteiger partial charge in [0.25, 0.3) is 5.91 Å². The van der Waals surface area contributed by atoms with Crippen LogP contribution in [0.1, 0.15) is 32.6 Å². The Morgan fingerprint density at radius 1 is 0.848 bits per heavy atom. The summed E-state index contributed by atoms with van der Waals surface area (Å²) >= 11 is 6.16. The SMILES string of the molecule is COc1cc(NC(=O)c2ccc(OC)c(COc3cc(C)cc(C)c3C)c2)c(OC)cc1Cl. The number of hydrogen-bond acceptors (Lipinski definition) is 5. The smallest absolute Gasteiger partial charge is 0.255 e. The number of methoxy groups -OCH3 is 3. The fraction of sp³-hybridized carbons (Fsp3) is 0.269. The van der Waals surface area contributed by atoms with Crippen molar-refractivity contribution in [3.8, 4) is 23.0 Å². The van der Waals surface area contributed by atoms with E-state index < -0.39 is 0 Å². The van der Waals surface area contributed by atoms with Crippen molar-refractivity contribution in [2.75, 3.05) is 26.6 Å². The number of rotatable bonds is 8. The first-order valence-electron chi connectivity index (χ1n) is 10.4. The first kappa shape index (κ1) is 24.3. The number of hydrogen-bond donors (Lipinski definition) is 1. The summed E-state index contributed by atoms with van der Waals surface area (Å²) in [5.74, 6) is 1.99. The standard InChI is InChI=1S/C26H28ClNO5/c1-15-9-16(2)17(3)23(10-15)33-14-19-11-18(7-8-22(19)30-4)26(29)28-21-13-24(31-5)20(27)12-25(21)32-6/h7-13H,14H2,1-6H3,(H,28,29). The van der Waals surface area contributed by atoms with Gasteiger partial charge in [-0.25, -0.2) is 0 Å². The first-order valence-corrected chi connectivity index (χ1v) is 10.8. The number of carbonyl (C=O) groups excluding carboxylic acids is 1. The lowest BCUT2D eigenvalue weighted by molar-refractivity contribution is 0.102. The van der Waals surface area contributed by atoms with E-state index in [9.17, 15) is 4.79 Å². The van der Waals surface area contributed by atoms with E-state index >= 15 is 0 Å². The highest BCUT2D eigenvalue weighted by Gasteiger charge is 2.16. The monoisotopic (exact) mass is 469 g/mol. The van der Waals surface area contributed by atoms with E-state index in [0.717, 1.165) is 28.0 Å². The van der Waals surface area contributed by atoms with Crippen molar-refractivity contribution in [1.82, 2.24) is 0 Å². The average molecular weight is 470 g/mol. The van der Waals surface area contributed by atoms with E-state index in [1.165, 1.54) is 14.2 Å². The van der Waals surface area contributed by atoms with Crippen molar-refractivity contribution in [3.63, 3.8) is 0 Å². The number of amides is 1. The molecular formula is C26H28ClNO5. The van der Waals surface area contributed by atoms with E-state index in [2.05, 4.69) is 18.3 Å². The van der Waals surface area contributed by atoms with Gasteiger partial charge in [0, 0.05) is 23.3 Å². The zero-order chi connectivity index (χ0) is 24.1. The third kappa shape index (κ3) is 5.52. The maximum atomic E-state index is 13.0. The molecule has 0 radical (unpaired) electrons. The number of ether oxygens (including phenoxy) is 4. The Kier molecular flexibility index (Phi) is 7.71. The van der Waals surface area contributed by atoms with Crippen LogP contribution in [-0.4, -0.2) is 27.2 Å². The molecule has 7 heteroatoms. The molecule has 3 aromatic carbocycles. The minimum absolute atomic E-state index is 0.256. The molecule has 3 rings (SSSR count). The molecule has 0 bridgehead atoms. The van der Waals surface area contributed by atoms with Gasteiger partial charge in [-0.15, -0.1) is 0 Å². The van der Waals surface area contributed by atoms with Crippen molar-refractivity contribution in [1.29, 1.82) is 0 Å². The van der Waals surface area contributed by atoms with Crippen LogP contribution in [0.2, 0.25) is 5.02 Å². The van der Waals surface area contributed by atoms with Crippen molar-refractivity contribution >= 4 is 23.2 Å². The molecule has 0 aromatic heterocycles. The van der Waals surface area contributed by atoms with Crippen molar-refractivity contribution in [3.05, 3.63) is 75.3 Å². The maximum absolute atomic E-state index is 13.0. The van der Waals surface area contributed by atoms with Crippen LogP contribution in [0.15, 0.2) is 42.5 Å². The largest absolute Gasteiger partial charge is 0.496 e. The molecule has 174 valence electrons. The molecule has 0 aliphatic rings. The molecule has 1 amide bonds. The molecule has 0 fully saturated rings. The highest BCUT2D eigenvalue weighted by atomic mass is 35.5. The number of aryl methyl sites for hydroxylation is 2. The topological polar surface area (TPSA) is 66.0 Å². The summed E-state index contributed by atoms with van der Waals surface area (Å²) in [7, 11) is 4.60. The van der Waals surface area contributed by atoms with Gasteiger partial charge in [-0.1, -0.05) is 17.7 Å². The maximum Gasteiger partial charge on any atom is 0.255 e. The normalized spacial score (nSPS) is 10.5. The van der Waals surface area contributed by atoms with Gasteiger partial charge in [0.05, 0.1) is 32.0 Å². The zero-order valence-corrected chi connectivity index (χ0v) is 20.4. The first-order chi connectivity index (χ1) is 15.8. The summed E-state index contributed by atoms with van der Waals surface area (Å²) in [6.45, 7) is 6.37. The fourth-order valence-corrected chi connectivity index (χ4v) is 3.72. The number of carbonyl (C=O) groups is 1. The summed E-state index contributed by atoms with van der Waals surface area (Å²) in [6, 6.07) is 12.5. The van der Waals surface area contributed by atoms with Crippen molar-refractivity contribution in [2.24, 2.45) is 0 Å². The number of nitrogens with one attached hydrogen (secondary N) is 1. The summed E-state index contributed by atoms with van der Waals surface area (Å²) in [5.41, 5.74) is 5.02. The molecule has 0 heterocycles. The van der Waals surface area contributed by atoms with Gasteiger partial charge in [-0.05, 0) is 61.7 Å². The lowest BCUT2D eigenvalue weighted by atomic mass is 10.1. The van der Waals surface area contributed by atoms with Crippen LogP contribution in [-0.2, 0) is 6.61 Å². The van der Waals surface area contributed by atoms with Gasteiger partial charge in [-0.3, -0.25) is 4.79 Å². The summed E-state index contributed by atoms with van der Waals surface area (Å²) in [5, 5.41) is 3.24. The predicted octanol–water partition coefficient (Wildman–Crippen LogP) is 6.12. The Labute approximate surface area is 199 Å². The summed E-state index contributed by atoms with van der Waals surface area (Å²) in [6.07, 6.45) is 0. The van der Waals surface area contributed by atoms with E-state index in [1.54, 1.807) is 37.4 Å². The molecule has 1 N–H and O–H groups in total. The lowest BCUT2D eigenvalue weighted by Crippen LogP contribution is -2.14.